The van der Waals surface area contributed by atoms with Gasteiger partial charge in [0.1, 0.15) is 6.61 Å². The topological polar surface area (TPSA) is 119 Å². The molecule has 8 nitrogen and oxygen atoms in total. The molecule has 0 saturated heterocycles. The molecule has 0 rings (SSSR count). The van der Waals surface area contributed by atoms with Crippen molar-refractivity contribution in [1.82, 2.24) is 0 Å². The molecule has 0 aliphatic heterocycles. The molecule has 0 aliphatic carbocycles. The van der Waals surface area contributed by atoms with Gasteiger partial charge in [-0.05, 0) is 32.1 Å². The van der Waals surface area contributed by atoms with E-state index in [0.29, 0.717) is 6.42 Å². The van der Waals surface area contributed by atoms with E-state index < -0.39 is 32.5 Å². The third-order valence-corrected chi connectivity index (χ3v) is 6.94. The van der Waals surface area contributed by atoms with Crippen LogP contribution in [0.2, 0.25) is 0 Å². The Bertz CT molecular complexity index is 828. The molecule has 0 aliphatic rings. The quantitative estimate of drug-likeness (QED) is 0.0389. The zero-order valence-electron chi connectivity index (χ0n) is 26.1. The van der Waals surface area contributed by atoms with Crippen molar-refractivity contribution in [2.75, 3.05) is 13.2 Å². The van der Waals surface area contributed by atoms with E-state index in [-0.39, 0.29) is 19.4 Å². The van der Waals surface area contributed by atoms with E-state index in [2.05, 4.69) is 30.5 Å². The first-order valence-corrected chi connectivity index (χ1v) is 17.5. The molecule has 0 fully saturated rings. The van der Waals surface area contributed by atoms with Gasteiger partial charge in [0.2, 0.25) is 0 Å². The molecule has 0 radical (unpaired) electrons. The molecular formula is C33H57O8P. The molecule has 0 unspecified atom stereocenters. The summed E-state index contributed by atoms with van der Waals surface area (Å²) in [5.41, 5.74) is 0. The minimum atomic E-state index is -4.75. The van der Waals surface area contributed by atoms with Crippen LogP contribution in [0.1, 0.15) is 129 Å². The van der Waals surface area contributed by atoms with Crippen LogP contribution in [0, 0.1) is 0 Å². The highest BCUT2D eigenvalue weighted by molar-refractivity contribution is 7.46. The predicted octanol–water partition coefficient (Wildman–Crippen LogP) is 8.84. The van der Waals surface area contributed by atoms with Gasteiger partial charge in [-0.1, -0.05) is 133 Å². The molecule has 0 spiro atoms. The monoisotopic (exact) mass is 612 g/mol. The fourth-order valence-corrected chi connectivity index (χ4v) is 4.45. The highest BCUT2D eigenvalue weighted by Crippen LogP contribution is 2.35. The summed E-state index contributed by atoms with van der Waals surface area (Å²) < 4.78 is 26.1. The van der Waals surface area contributed by atoms with Crippen LogP contribution in [0.25, 0.3) is 0 Å². The molecule has 242 valence electrons. The SMILES string of the molecule is CC/C=C/C=C/C=C/C=C/CCCCCCCC(=O)O[C@H](COC(=O)CCCCCCCCCCC)COP(=O)(O)O. The summed E-state index contributed by atoms with van der Waals surface area (Å²) in [6.45, 7) is 3.46. The second kappa shape index (κ2) is 29.1. The van der Waals surface area contributed by atoms with Crippen molar-refractivity contribution >= 4 is 19.8 Å². The molecule has 0 aromatic rings. The number of allylic oxidation sites excluding steroid dienone is 8. The molecule has 0 heterocycles. The molecule has 42 heavy (non-hydrogen) atoms. The lowest BCUT2D eigenvalue weighted by Crippen LogP contribution is -2.29. The van der Waals surface area contributed by atoms with E-state index >= 15 is 0 Å². The average molecular weight is 613 g/mol. The van der Waals surface area contributed by atoms with Gasteiger partial charge >= 0.3 is 19.8 Å². The zero-order valence-corrected chi connectivity index (χ0v) is 27.0. The summed E-state index contributed by atoms with van der Waals surface area (Å²) in [4.78, 5) is 42.4. The van der Waals surface area contributed by atoms with Crippen molar-refractivity contribution in [3.8, 4) is 0 Å². The lowest BCUT2D eigenvalue weighted by molar-refractivity contribution is -0.161. The zero-order chi connectivity index (χ0) is 31.2. The van der Waals surface area contributed by atoms with Crippen LogP contribution in [-0.2, 0) is 28.2 Å². The van der Waals surface area contributed by atoms with Crippen molar-refractivity contribution in [3.63, 3.8) is 0 Å². The second-order valence-corrected chi connectivity index (χ2v) is 11.7. The van der Waals surface area contributed by atoms with Gasteiger partial charge in [-0.25, -0.2) is 4.57 Å². The fourth-order valence-electron chi connectivity index (χ4n) is 4.09. The van der Waals surface area contributed by atoms with Crippen molar-refractivity contribution in [2.24, 2.45) is 0 Å². The molecule has 0 aromatic heterocycles. The Morgan fingerprint density at radius 2 is 1.14 bits per heavy atom. The summed E-state index contributed by atoms with van der Waals surface area (Å²) in [6.07, 6.45) is 32.7. The van der Waals surface area contributed by atoms with Crippen LogP contribution < -0.4 is 0 Å². The van der Waals surface area contributed by atoms with Crippen molar-refractivity contribution in [2.45, 2.75) is 136 Å². The maximum absolute atomic E-state index is 12.3. The summed E-state index contributed by atoms with van der Waals surface area (Å²) in [5.74, 6) is -0.920. The number of hydrogen-bond acceptors (Lipinski definition) is 6. The number of phosphoric ester groups is 1. The van der Waals surface area contributed by atoms with E-state index in [1.165, 1.54) is 38.5 Å². The lowest BCUT2D eigenvalue weighted by atomic mass is 10.1. The van der Waals surface area contributed by atoms with E-state index in [0.717, 1.165) is 57.8 Å². The van der Waals surface area contributed by atoms with Crippen molar-refractivity contribution in [3.05, 3.63) is 48.6 Å². The highest BCUT2D eigenvalue weighted by atomic mass is 31.2. The van der Waals surface area contributed by atoms with Gasteiger partial charge in [-0.2, -0.15) is 0 Å². The van der Waals surface area contributed by atoms with Crippen LogP contribution in [0.15, 0.2) is 48.6 Å². The Balaban J connectivity index is 4.10. The molecular weight excluding hydrogens is 555 g/mol. The third-order valence-electron chi connectivity index (χ3n) is 6.46. The number of phosphoric acid groups is 1. The van der Waals surface area contributed by atoms with Crippen LogP contribution in [0.4, 0.5) is 0 Å². The number of carbonyl (C=O) groups is 2. The van der Waals surface area contributed by atoms with Gasteiger partial charge in [0, 0.05) is 12.8 Å². The van der Waals surface area contributed by atoms with Crippen molar-refractivity contribution in [1.29, 1.82) is 0 Å². The maximum Gasteiger partial charge on any atom is 0.469 e. The Hall–Kier alpha value is -1.99. The van der Waals surface area contributed by atoms with Crippen LogP contribution in [-0.4, -0.2) is 41.0 Å². The Morgan fingerprint density at radius 3 is 1.71 bits per heavy atom. The van der Waals surface area contributed by atoms with Gasteiger partial charge < -0.3 is 19.3 Å². The molecule has 1 atom stereocenters. The largest absolute Gasteiger partial charge is 0.469 e. The molecule has 0 saturated carbocycles. The summed E-state index contributed by atoms with van der Waals surface area (Å²) in [6, 6.07) is 0. The first-order chi connectivity index (χ1) is 20.3. The molecule has 2 N–H and O–H groups in total. The highest BCUT2D eigenvalue weighted by Gasteiger charge is 2.22. The molecule has 0 bridgehead atoms. The van der Waals surface area contributed by atoms with E-state index in [1.54, 1.807) is 0 Å². The van der Waals surface area contributed by atoms with Gasteiger partial charge in [-0.15, -0.1) is 0 Å². The Morgan fingerprint density at radius 1 is 0.643 bits per heavy atom. The van der Waals surface area contributed by atoms with Crippen molar-refractivity contribution < 1.29 is 37.9 Å². The first kappa shape index (κ1) is 40.0. The summed E-state index contributed by atoms with van der Waals surface area (Å²) >= 11 is 0. The molecule has 0 amide bonds. The minimum absolute atomic E-state index is 0.185. The second-order valence-electron chi connectivity index (χ2n) is 10.5. The van der Waals surface area contributed by atoms with Gasteiger partial charge in [0.05, 0.1) is 6.61 Å². The summed E-state index contributed by atoms with van der Waals surface area (Å²) in [7, 11) is -4.75. The predicted molar refractivity (Wildman–Crippen MR) is 170 cm³/mol. The number of esters is 2. The smallest absolute Gasteiger partial charge is 0.462 e. The standard InChI is InChI=1S/C33H57O8P/c1-3-5-7-9-11-13-14-15-16-17-18-20-22-24-26-28-33(35)41-31(30-40-42(36,37)38)29-39-32(34)27-25-23-21-19-12-10-8-6-4-2/h5,7,9,11,13-16,31H,3-4,6,8,10,12,17-30H2,1-2H3,(H2,36,37,38)/b7-5+,11-9+,14-13+,16-15+/t31-/m1/s1. The molecule has 0 aromatic carbocycles. The Kier molecular flexibility index (Phi) is 27.7. The fraction of sp³-hybridized carbons (Fsp3) is 0.697. The number of rotatable bonds is 28. The van der Waals surface area contributed by atoms with Gasteiger partial charge in [-0.3, -0.25) is 14.1 Å². The van der Waals surface area contributed by atoms with Crippen LogP contribution >= 0.6 is 7.82 Å². The van der Waals surface area contributed by atoms with Crippen LogP contribution in [0.3, 0.4) is 0 Å². The van der Waals surface area contributed by atoms with E-state index in [9.17, 15) is 14.2 Å². The normalized spacial score (nSPS) is 13.1. The number of hydrogen-bond donors (Lipinski definition) is 2. The average Bonchev–Trinajstić information content (AvgIpc) is 2.95. The van der Waals surface area contributed by atoms with Crippen LogP contribution in [0.5, 0.6) is 0 Å². The minimum Gasteiger partial charge on any atom is -0.462 e. The van der Waals surface area contributed by atoms with E-state index in [1.807, 2.05) is 36.5 Å². The third kappa shape index (κ3) is 31.0. The molecule has 9 heteroatoms. The number of unbranched alkanes of at least 4 members (excludes halogenated alkanes) is 13. The summed E-state index contributed by atoms with van der Waals surface area (Å²) in [5, 5.41) is 0. The lowest BCUT2D eigenvalue weighted by Gasteiger charge is -2.18. The first-order valence-electron chi connectivity index (χ1n) is 16.0. The maximum atomic E-state index is 12.3. The Labute approximate surface area is 254 Å². The number of carbonyl (C=O) groups excluding carboxylic acids is 2. The van der Waals surface area contributed by atoms with Gasteiger partial charge in [0.25, 0.3) is 0 Å². The van der Waals surface area contributed by atoms with Gasteiger partial charge in [0.15, 0.2) is 6.10 Å². The number of ether oxygens (including phenoxy) is 2. The van der Waals surface area contributed by atoms with E-state index in [4.69, 9.17) is 19.3 Å².